The number of halogens is 3. The molecule has 0 fully saturated rings. The lowest BCUT2D eigenvalue weighted by Gasteiger charge is -2.15. The van der Waals surface area contributed by atoms with E-state index < -0.39 is 30.5 Å². The van der Waals surface area contributed by atoms with E-state index in [4.69, 9.17) is 9.84 Å². The highest BCUT2D eigenvalue weighted by Crippen LogP contribution is 2.23. The number of hydrogen-bond donors (Lipinski definition) is 3. The van der Waals surface area contributed by atoms with Crippen LogP contribution in [-0.2, 0) is 0 Å². The summed E-state index contributed by atoms with van der Waals surface area (Å²) in [6, 6.07) is 3.73. The third-order valence-electron chi connectivity index (χ3n) is 2.28. The maximum absolute atomic E-state index is 12.0. The second-order valence-electron chi connectivity index (χ2n) is 3.65. The van der Waals surface area contributed by atoms with Gasteiger partial charge in [-0.25, -0.2) is 0 Å². The number of rotatable bonds is 4. The van der Waals surface area contributed by atoms with Crippen LogP contribution in [0.4, 0.5) is 13.2 Å². The van der Waals surface area contributed by atoms with Crippen molar-refractivity contribution in [1.82, 2.24) is 5.32 Å². The number of ether oxygens (including phenoxy) is 1. The van der Waals surface area contributed by atoms with Gasteiger partial charge in [-0.1, -0.05) is 0 Å². The van der Waals surface area contributed by atoms with Crippen molar-refractivity contribution in [2.75, 3.05) is 13.7 Å². The number of methoxy groups -OCH3 is 1. The Labute approximate surface area is 106 Å². The first kappa shape index (κ1) is 15.1. The quantitative estimate of drug-likeness (QED) is 0.770. The molecule has 1 atom stereocenters. The van der Waals surface area contributed by atoms with Gasteiger partial charge < -0.3 is 20.3 Å². The molecule has 0 aliphatic carbocycles. The fourth-order valence-electron chi connectivity index (χ4n) is 1.22. The number of carbonyl (C=O) groups excluding carboxylic acids is 1. The summed E-state index contributed by atoms with van der Waals surface area (Å²) in [7, 11) is 1.33. The monoisotopic (exact) mass is 279 g/mol. The summed E-state index contributed by atoms with van der Waals surface area (Å²) in [5, 5.41) is 20.0. The highest BCUT2D eigenvalue weighted by atomic mass is 19.4. The number of aromatic hydroxyl groups is 1. The zero-order chi connectivity index (χ0) is 14.6. The Kier molecular flexibility index (Phi) is 4.60. The van der Waals surface area contributed by atoms with Crippen LogP contribution in [0.25, 0.3) is 0 Å². The number of benzene rings is 1. The minimum absolute atomic E-state index is 0.242. The van der Waals surface area contributed by atoms with Crippen LogP contribution in [0.3, 0.4) is 0 Å². The van der Waals surface area contributed by atoms with Gasteiger partial charge in [-0.15, -0.1) is 0 Å². The molecule has 1 amide bonds. The van der Waals surface area contributed by atoms with E-state index >= 15 is 0 Å². The second-order valence-corrected chi connectivity index (χ2v) is 3.65. The lowest BCUT2D eigenvalue weighted by Crippen LogP contribution is -2.40. The van der Waals surface area contributed by atoms with Gasteiger partial charge in [0.05, 0.1) is 19.2 Å². The Bertz CT molecular complexity index is 462. The summed E-state index contributed by atoms with van der Waals surface area (Å²) in [5.41, 5.74) is -0.242. The predicted octanol–water partition coefficient (Wildman–Crippen LogP) is 1.05. The predicted molar refractivity (Wildman–Crippen MR) is 59.1 cm³/mol. The van der Waals surface area contributed by atoms with E-state index in [2.05, 4.69) is 0 Å². The molecule has 19 heavy (non-hydrogen) atoms. The van der Waals surface area contributed by atoms with Crippen LogP contribution in [-0.4, -0.2) is 42.1 Å². The Morgan fingerprint density at radius 1 is 1.47 bits per heavy atom. The third kappa shape index (κ3) is 4.02. The number of amides is 1. The van der Waals surface area contributed by atoms with Crippen LogP contribution in [0.2, 0.25) is 0 Å². The number of phenolic OH excluding ortho intramolecular Hbond substituents is 1. The molecule has 106 valence electrons. The number of aliphatic hydroxyl groups is 1. The molecule has 1 unspecified atom stereocenters. The zero-order valence-corrected chi connectivity index (χ0v) is 9.86. The normalized spacial score (nSPS) is 12.9. The number of hydrogen-bond acceptors (Lipinski definition) is 4. The fraction of sp³-hybridized carbons (Fsp3) is 0.364. The van der Waals surface area contributed by atoms with Gasteiger partial charge in [0.2, 0.25) is 0 Å². The molecule has 0 saturated heterocycles. The molecule has 1 rings (SSSR count). The maximum atomic E-state index is 12.0. The van der Waals surface area contributed by atoms with E-state index in [-0.39, 0.29) is 11.3 Å². The van der Waals surface area contributed by atoms with Crippen LogP contribution in [0.15, 0.2) is 18.2 Å². The van der Waals surface area contributed by atoms with Gasteiger partial charge in [-0.2, -0.15) is 13.2 Å². The Balaban J connectivity index is 2.74. The lowest BCUT2D eigenvalue weighted by atomic mass is 10.1. The summed E-state index contributed by atoms with van der Waals surface area (Å²) in [6.07, 6.45) is -7.48. The molecule has 0 bridgehead atoms. The van der Waals surface area contributed by atoms with E-state index in [1.165, 1.54) is 25.3 Å². The number of nitrogens with one attached hydrogen (secondary N) is 1. The average Bonchev–Trinajstić information content (AvgIpc) is 2.34. The van der Waals surface area contributed by atoms with Crippen LogP contribution in [0.5, 0.6) is 11.5 Å². The molecule has 5 nitrogen and oxygen atoms in total. The van der Waals surface area contributed by atoms with E-state index in [9.17, 15) is 23.1 Å². The molecule has 1 aromatic carbocycles. The highest BCUT2D eigenvalue weighted by Gasteiger charge is 2.38. The summed E-state index contributed by atoms with van der Waals surface area (Å²) >= 11 is 0. The first-order valence-electron chi connectivity index (χ1n) is 5.15. The largest absolute Gasteiger partial charge is 0.507 e. The summed E-state index contributed by atoms with van der Waals surface area (Å²) < 4.78 is 40.9. The molecule has 0 radical (unpaired) electrons. The van der Waals surface area contributed by atoms with E-state index in [0.29, 0.717) is 0 Å². The van der Waals surface area contributed by atoms with Gasteiger partial charge in [0.25, 0.3) is 5.91 Å². The Morgan fingerprint density at radius 2 is 2.11 bits per heavy atom. The molecule has 0 heterocycles. The zero-order valence-electron chi connectivity index (χ0n) is 9.86. The first-order valence-corrected chi connectivity index (χ1v) is 5.15. The molecular weight excluding hydrogens is 267 g/mol. The summed E-state index contributed by atoms with van der Waals surface area (Å²) in [5.74, 6) is -1.08. The van der Waals surface area contributed by atoms with Gasteiger partial charge in [0.1, 0.15) is 11.5 Å². The minimum atomic E-state index is -4.82. The molecule has 0 aromatic heterocycles. The molecular formula is C11H12F3NO4. The molecule has 0 aliphatic rings. The van der Waals surface area contributed by atoms with Crippen LogP contribution in [0.1, 0.15) is 10.4 Å². The first-order chi connectivity index (χ1) is 8.75. The van der Waals surface area contributed by atoms with Gasteiger partial charge in [0, 0.05) is 0 Å². The van der Waals surface area contributed by atoms with Crippen molar-refractivity contribution in [1.29, 1.82) is 0 Å². The standard InChI is InChI=1S/C11H12F3NO4/c1-19-6-2-3-8(16)7(4-6)10(18)15-5-9(17)11(12,13)14/h2-4,9,16-17H,5H2,1H3,(H,15,18). The molecule has 3 N–H and O–H groups in total. The number of carbonyl (C=O) groups is 1. The third-order valence-corrected chi connectivity index (χ3v) is 2.28. The maximum Gasteiger partial charge on any atom is 0.416 e. The summed E-state index contributed by atoms with van der Waals surface area (Å²) in [6.45, 7) is -1.00. The second kappa shape index (κ2) is 5.79. The topological polar surface area (TPSA) is 78.8 Å². The van der Waals surface area contributed by atoms with Crippen molar-refractivity contribution in [2.45, 2.75) is 12.3 Å². The molecule has 0 saturated carbocycles. The van der Waals surface area contributed by atoms with E-state index in [1.807, 2.05) is 5.32 Å². The van der Waals surface area contributed by atoms with Crippen molar-refractivity contribution in [2.24, 2.45) is 0 Å². The number of phenols is 1. The highest BCUT2D eigenvalue weighted by molar-refractivity contribution is 5.97. The molecule has 0 aliphatic heterocycles. The number of aliphatic hydroxyl groups excluding tert-OH is 1. The van der Waals surface area contributed by atoms with E-state index in [1.54, 1.807) is 0 Å². The Hall–Kier alpha value is -1.96. The van der Waals surface area contributed by atoms with Gasteiger partial charge >= 0.3 is 6.18 Å². The minimum Gasteiger partial charge on any atom is -0.507 e. The van der Waals surface area contributed by atoms with Crippen molar-refractivity contribution >= 4 is 5.91 Å². The van der Waals surface area contributed by atoms with E-state index in [0.717, 1.165) is 0 Å². The molecule has 0 spiro atoms. The fourth-order valence-corrected chi connectivity index (χ4v) is 1.22. The smallest absolute Gasteiger partial charge is 0.416 e. The Morgan fingerprint density at radius 3 is 2.63 bits per heavy atom. The SMILES string of the molecule is COc1ccc(O)c(C(=O)NCC(O)C(F)(F)F)c1. The van der Waals surface area contributed by atoms with Crippen LogP contribution in [0, 0.1) is 0 Å². The van der Waals surface area contributed by atoms with Gasteiger partial charge in [-0.05, 0) is 18.2 Å². The molecule has 8 heteroatoms. The van der Waals surface area contributed by atoms with Gasteiger partial charge in [-0.3, -0.25) is 4.79 Å². The van der Waals surface area contributed by atoms with Crippen molar-refractivity contribution in [3.05, 3.63) is 23.8 Å². The molecule has 1 aromatic rings. The average molecular weight is 279 g/mol. The van der Waals surface area contributed by atoms with Gasteiger partial charge in [0.15, 0.2) is 6.10 Å². The van der Waals surface area contributed by atoms with Crippen molar-refractivity contribution < 1.29 is 32.9 Å². The van der Waals surface area contributed by atoms with Crippen molar-refractivity contribution in [3.63, 3.8) is 0 Å². The van der Waals surface area contributed by atoms with Crippen LogP contribution >= 0.6 is 0 Å². The summed E-state index contributed by atoms with van der Waals surface area (Å²) in [4.78, 5) is 11.6. The lowest BCUT2D eigenvalue weighted by molar-refractivity contribution is -0.201. The number of alkyl halides is 3. The van der Waals surface area contributed by atoms with Crippen LogP contribution < -0.4 is 10.1 Å². The van der Waals surface area contributed by atoms with Crippen molar-refractivity contribution in [3.8, 4) is 11.5 Å².